The van der Waals surface area contributed by atoms with E-state index in [1.165, 1.54) is 0 Å². The highest BCUT2D eigenvalue weighted by Gasteiger charge is 2.27. The van der Waals surface area contributed by atoms with Gasteiger partial charge < -0.3 is 5.32 Å². The third kappa shape index (κ3) is 3.17. The number of nitrogens with zero attached hydrogens (tertiary/aromatic N) is 4. The van der Waals surface area contributed by atoms with E-state index in [9.17, 15) is 8.78 Å². The molecule has 122 valence electrons. The number of hydrogen-bond acceptors (Lipinski definition) is 5. The van der Waals surface area contributed by atoms with Crippen molar-refractivity contribution in [1.82, 2.24) is 19.8 Å². The minimum atomic E-state index is -2.72. The van der Waals surface area contributed by atoms with Crippen LogP contribution in [0.3, 0.4) is 0 Å². The van der Waals surface area contributed by atoms with E-state index >= 15 is 0 Å². The molecule has 0 aliphatic carbocycles. The maximum absolute atomic E-state index is 13.0. The minimum absolute atomic E-state index is 0.0129. The lowest BCUT2D eigenvalue weighted by Gasteiger charge is -2.31. The number of rotatable bonds is 4. The van der Waals surface area contributed by atoms with Crippen molar-refractivity contribution in [3.63, 3.8) is 0 Å². The summed E-state index contributed by atoms with van der Waals surface area (Å²) in [4.78, 5) is 1.16. The van der Waals surface area contributed by atoms with E-state index in [4.69, 9.17) is 0 Å². The lowest BCUT2D eigenvalue weighted by Crippen LogP contribution is -2.25. The first-order valence-corrected chi connectivity index (χ1v) is 8.04. The lowest BCUT2D eigenvalue weighted by molar-refractivity contribution is 0.137. The summed E-state index contributed by atoms with van der Waals surface area (Å²) in [5.74, 6) is 0.0552. The Morgan fingerprint density at radius 2 is 1.96 bits per heavy atom. The fourth-order valence-electron chi connectivity index (χ4n) is 2.34. The maximum atomic E-state index is 13.0. The normalized spacial score (nSPS) is 13.7. The Bertz CT molecular complexity index is 792. The smallest absolute Gasteiger partial charge is 0.299 e. The molecular formula is C15H17F2N5S. The molecule has 3 aromatic rings. The topological polar surface area (TPSA) is 55.1 Å². The zero-order valence-corrected chi connectivity index (χ0v) is 13.8. The molecule has 0 aliphatic heterocycles. The van der Waals surface area contributed by atoms with Gasteiger partial charge in [-0.25, -0.2) is 8.78 Å². The Labute approximate surface area is 136 Å². The van der Waals surface area contributed by atoms with Gasteiger partial charge in [0.1, 0.15) is 5.82 Å². The number of nitrogens with one attached hydrogen (secondary N) is 1. The van der Waals surface area contributed by atoms with Crippen LogP contribution in [-0.4, -0.2) is 19.8 Å². The van der Waals surface area contributed by atoms with Gasteiger partial charge in [0.25, 0.3) is 6.43 Å². The van der Waals surface area contributed by atoms with Crippen LogP contribution in [0.4, 0.5) is 14.6 Å². The number of alkyl halides is 2. The summed E-state index contributed by atoms with van der Waals surface area (Å²) in [6.45, 7) is 6.35. The van der Waals surface area contributed by atoms with E-state index in [0.717, 1.165) is 9.39 Å². The van der Waals surface area contributed by atoms with E-state index in [0.29, 0.717) is 11.5 Å². The van der Waals surface area contributed by atoms with Crippen molar-refractivity contribution in [2.45, 2.75) is 33.2 Å². The van der Waals surface area contributed by atoms with E-state index in [1.54, 1.807) is 23.5 Å². The number of hydrogen-bond donors (Lipinski definition) is 1. The van der Waals surface area contributed by atoms with Crippen molar-refractivity contribution >= 4 is 22.8 Å². The first kappa shape index (κ1) is 15.8. The monoisotopic (exact) mass is 337 g/mol. The summed E-state index contributed by atoms with van der Waals surface area (Å²) in [6, 6.07) is 7.41. The van der Waals surface area contributed by atoms with Crippen LogP contribution in [0, 0.1) is 5.41 Å². The standard InChI is InChI=1S/C15H17F2N5S/c1-15(2,3)12(9-5-4-8-23-9)18-10-6-7-11-19-20-14(13(16)17)22(11)21-10/h4-8,12-13H,1-3H3,(H,18,21). The largest absolute Gasteiger partial charge is 0.360 e. The Hall–Kier alpha value is -2.09. The molecule has 3 rings (SSSR count). The summed E-state index contributed by atoms with van der Waals surface area (Å²) in [6.07, 6.45) is -2.72. The van der Waals surface area contributed by atoms with Crippen LogP contribution in [0.25, 0.3) is 5.65 Å². The Morgan fingerprint density at radius 3 is 2.57 bits per heavy atom. The van der Waals surface area contributed by atoms with Crippen LogP contribution in [0.2, 0.25) is 0 Å². The summed E-state index contributed by atoms with van der Waals surface area (Å²) in [5.41, 5.74) is 0.231. The van der Waals surface area contributed by atoms with Crippen LogP contribution in [0.5, 0.6) is 0 Å². The molecule has 0 amide bonds. The number of fused-ring (bicyclic) bond motifs is 1. The summed E-state index contributed by atoms with van der Waals surface area (Å²) < 4.78 is 27.0. The highest BCUT2D eigenvalue weighted by Crippen LogP contribution is 2.37. The second-order valence-corrected chi connectivity index (χ2v) is 7.29. The zero-order valence-electron chi connectivity index (χ0n) is 13.0. The maximum Gasteiger partial charge on any atom is 0.299 e. The quantitative estimate of drug-likeness (QED) is 0.770. The predicted octanol–water partition coefficient (Wildman–Crippen LogP) is 4.32. The van der Waals surface area contributed by atoms with Crippen LogP contribution >= 0.6 is 11.3 Å². The van der Waals surface area contributed by atoms with Crippen LogP contribution in [-0.2, 0) is 0 Å². The van der Waals surface area contributed by atoms with Gasteiger partial charge in [-0.05, 0) is 29.0 Å². The first-order chi connectivity index (χ1) is 10.9. The summed E-state index contributed by atoms with van der Waals surface area (Å²) >= 11 is 1.65. The Balaban J connectivity index is 1.97. The van der Waals surface area contributed by atoms with E-state index in [2.05, 4.69) is 47.5 Å². The van der Waals surface area contributed by atoms with Crippen LogP contribution in [0.15, 0.2) is 29.6 Å². The van der Waals surface area contributed by atoms with Crippen molar-refractivity contribution in [3.05, 3.63) is 40.3 Å². The van der Waals surface area contributed by atoms with Crippen molar-refractivity contribution in [1.29, 1.82) is 0 Å². The van der Waals surface area contributed by atoms with E-state index in [1.807, 2.05) is 11.4 Å². The van der Waals surface area contributed by atoms with Gasteiger partial charge in [-0.2, -0.15) is 4.52 Å². The van der Waals surface area contributed by atoms with Gasteiger partial charge in [-0.1, -0.05) is 26.8 Å². The first-order valence-electron chi connectivity index (χ1n) is 7.17. The molecule has 0 fully saturated rings. The fraction of sp³-hybridized carbons (Fsp3) is 0.400. The lowest BCUT2D eigenvalue weighted by atomic mass is 9.86. The number of thiophene rings is 1. The molecule has 0 spiro atoms. The van der Waals surface area contributed by atoms with Crippen molar-refractivity contribution < 1.29 is 8.78 Å². The Kier molecular flexibility index (Phi) is 4.01. The molecule has 5 nitrogen and oxygen atoms in total. The van der Waals surface area contributed by atoms with Crippen LogP contribution < -0.4 is 5.32 Å². The average molecular weight is 337 g/mol. The second kappa shape index (κ2) is 5.84. The molecule has 8 heteroatoms. The van der Waals surface area contributed by atoms with Crippen molar-refractivity contribution in [2.75, 3.05) is 5.32 Å². The van der Waals surface area contributed by atoms with Gasteiger partial charge in [-0.15, -0.1) is 26.6 Å². The van der Waals surface area contributed by atoms with Gasteiger partial charge in [-0.3, -0.25) is 0 Å². The third-order valence-electron chi connectivity index (χ3n) is 3.47. The van der Waals surface area contributed by atoms with Crippen molar-refractivity contribution in [3.8, 4) is 0 Å². The van der Waals surface area contributed by atoms with Gasteiger partial charge in [0.2, 0.25) is 5.82 Å². The second-order valence-electron chi connectivity index (χ2n) is 6.31. The highest BCUT2D eigenvalue weighted by atomic mass is 32.1. The molecule has 0 radical (unpaired) electrons. The summed E-state index contributed by atoms with van der Waals surface area (Å²) in [7, 11) is 0. The molecule has 0 aliphatic rings. The molecule has 0 saturated heterocycles. The van der Waals surface area contributed by atoms with Gasteiger partial charge in [0.05, 0.1) is 6.04 Å². The van der Waals surface area contributed by atoms with Gasteiger partial charge >= 0.3 is 0 Å². The molecule has 3 heterocycles. The number of aromatic nitrogens is 4. The molecule has 1 N–H and O–H groups in total. The van der Waals surface area contributed by atoms with Gasteiger partial charge in [0, 0.05) is 4.88 Å². The number of anilines is 1. The van der Waals surface area contributed by atoms with E-state index in [-0.39, 0.29) is 11.5 Å². The third-order valence-corrected chi connectivity index (χ3v) is 4.41. The van der Waals surface area contributed by atoms with Crippen LogP contribution in [0.1, 0.15) is 43.9 Å². The molecule has 1 unspecified atom stereocenters. The highest BCUT2D eigenvalue weighted by molar-refractivity contribution is 7.10. The SMILES string of the molecule is CC(C)(C)C(Nc1ccc2nnc(C(F)F)n2n1)c1cccs1. The molecule has 0 aromatic carbocycles. The fourth-order valence-corrected chi connectivity index (χ4v) is 3.36. The predicted molar refractivity (Wildman–Crippen MR) is 85.9 cm³/mol. The average Bonchev–Trinajstić information content (AvgIpc) is 3.12. The molecular weight excluding hydrogens is 320 g/mol. The molecule has 0 saturated carbocycles. The molecule has 23 heavy (non-hydrogen) atoms. The zero-order chi connectivity index (χ0) is 16.6. The molecule has 0 bridgehead atoms. The Morgan fingerprint density at radius 1 is 1.17 bits per heavy atom. The molecule has 3 aromatic heterocycles. The van der Waals surface area contributed by atoms with E-state index < -0.39 is 12.2 Å². The van der Waals surface area contributed by atoms with Crippen molar-refractivity contribution in [2.24, 2.45) is 5.41 Å². The van der Waals surface area contributed by atoms with Gasteiger partial charge in [0.15, 0.2) is 5.65 Å². The minimum Gasteiger partial charge on any atom is -0.360 e. The molecule has 1 atom stereocenters. The summed E-state index contributed by atoms with van der Waals surface area (Å²) in [5, 5.41) is 16.8. The number of halogens is 2.